The summed E-state index contributed by atoms with van der Waals surface area (Å²) < 4.78 is 7.19. The molecule has 0 spiro atoms. The van der Waals surface area contributed by atoms with Gasteiger partial charge in [0.2, 0.25) is 0 Å². The minimum Gasteiger partial charge on any atom is -0.309 e. The molecule has 0 fully saturated rings. The van der Waals surface area contributed by atoms with Gasteiger partial charge in [0.25, 0.3) is 0 Å². The highest BCUT2D eigenvalue weighted by molar-refractivity contribution is 6.10. The van der Waals surface area contributed by atoms with Crippen LogP contribution in [0.4, 0.5) is 0 Å². The van der Waals surface area contributed by atoms with E-state index in [1.54, 1.807) is 0 Å². The van der Waals surface area contributed by atoms with Gasteiger partial charge in [0.05, 0.1) is 50.2 Å². The summed E-state index contributed by atoms with van der Waals surface area (Å²) in [5.41, 5.74) is 13.3. The Hall–Kier alpha value is -7.17. The van der Waals surface area contributed by atoms with Crippen molar-refractivity contribution in [2.45, 2.75) is 0 Å². The summed E-state index contributed by atoms with van der Waals surface area (Å²) in [5, 5.41) is 4.94. The number of benzene rings is 8. The fourth-order valence-corrected chi connectivity index (χ4v) is 8.38. The molecule has 53 heavy (non-hydrogen) atoms. The SMILES string of the molecule is c1ccc(-c2ccccc2-c2nc3ccccc3n2-c2cc(-n3c4ccccc4c4ccccc43)cc(-n3c4ccccc4c4ccccc43)c2)cc1. The number of hydrogen-bond acceptors (Lipinski definition) is 1. The van der Waals surface area contributed by atoms with Gasteiger partial charge in [0.15, 0.2) is 0 Å². The van der Waals surface area contributed by atoms with Crippen molar-refractivity contribution in [3.63, 3.8) is 0 Å². The van der Waals surface area contributed by atoms with Crippen molar-refractivity contribution >= 4 is 54.6 Å². The van der Waals surface area contributed by atoms with Crippen LogP contribution in [0.2, 0.25) is 0 Å². The zero-order valence-corrected chi connectivity index (χ0v) is 28.8. The fourth-order valence-electron chi connectivity index (χ4n) is 8.38. The molecule has 0 N–H and O–H groups in total. The molecule has 0 bridgehead atoms. The molecule has 0 amide bonds. The van der Waals surface area contributed by atoms with Gasteiger partial charge < -0.3 is 9.13 Å². The second-order valence-corrected chi connectivity index (χ2v) is 13.6. The van der Waals surface area contributed by atoms with Gasteiger partial charge in [-0.05, 0) is 65.7 Å². The van der Waals surface area contributed by atoms with Crippen molar-refractivity contribution in [1.82, 2.24) is 18.7 Å². The second kappa shape index (κ2) is 11.7. The summed E-state index contributed by atoms with van der Waals surface area (Å²) in [6.07, 6.45) is 0. The number of nitrogens with zero attached hydrogens (tertiary/aromatic N) is 4. The van der Waals surface area contributed by atoms with E-state index in [0.717, 1.165) is 50.6 Å². The molecular weight excluding hydrogens is 645 g/mol. The van der Waals surface area contributed by atoms with Crippen molar-refractivity contribution in [3.05, 3.63) is 194 Å². The third-order valence-corrected chi connectivity index (χ3v) is 10.6. The molecule has 0 unspecified atom stereocenters. The average Bonchev–Trinajstić information content (AvgIpc) is 3.89. The molecule has 248 valence electrons. The van der Waals surface area contributed by atoms with Crippen molar-refractivity contribution in [3.8, 4) is 39.6 Å². The van der Waals surface area contributed by atoms with Crippen molar-refractivity contribution in [1.29, 1.82) is 0 Å². The Balaban J connectivity index is 1.28. The van der Waals surface area contributed by atoms with Crippen LogP contribution in [0.15, 0.2) is 194 Å². The van der Waals surface area contributed by atoms with Crippen molar-refractivity contribution in [2.75, 3.05) is 0 Å². The Morgan fingerprint density at radius 3 is 1.19 bits per heavy atom. The zero-order valence-electron chi connectivity index (χ0n) is 28.8. The van der Waals surface area contributed by atoms with Gasteiger partial charge in [-0.15, -0.1) is 0 Å². The van der Waals surface area contributed by atoms with Gasteiger partial charge in [-0.1, -0.05) is 140 Å². The van der Waals surface area contributed by atoms with Gasteiger partial charge in [-0.2, -0.15) is 0 Å². The van der Waals surface area contributed by atoms with E-state index in [9.17, 15) is 0 Å². The third kappa shape index (κ3) is 4.52. The molecule has 3 heterocycles. The number of rotatable bonds is 5. The Labute approximate surface area is 306 Å². The first-order valence-electron chi connectivity index (χ1n) is 18.1. The highest BCUT2D eigenvalue weighted by Crippen LogP contribution is 2.40. The normalized spacial score (nSPS) is 11.8. The van der Waals surface area contributed by atoms with Crippen LogP contribution >= 0.6 is 0 Å². The first-order valence-corrected chi connectivity index (χ1v) is 18.1. The third-order valence-electron chi connectivity index (χ3n) is 10.6. The molecule has 0 saturated carbocycles. The van der Waals surface area contributed by atoms with E-state index in [1.807, 2.05) is 0 Å². The molecule has 0 aliphatic heterocycles. The molecule has 11 aromatic rings. The van der Waals surface area contributed by atoms with E-state index >= 15 is 0 Å². The van der Waals surface area contributed by atoms with Crippen LogP contribution in [0.25, 0.3) is 94.2 Å². The lowest BCUT2D eigenvalue weighted by atomic mass is 9.99. The summed E-state index contributed by atoms with van der Waals surface area (Å²) in [6.45, 7) is 0. The molecule has 3 aromatic heterocycles. The molecule has 0 aliphatic carbocycles. The average molecular weight is 677 g/mol. The number of hydrogen-bond donors (Lipinski definition) is 0. The van der Waals surface area contributed by atoms with Crippen LogP contribution in [-0.2, 0) is 0 Å². The molecule has 8 aromatic carbocycles. The second-order valence-electron chi connectivity index (χ2n) is 13.6. The Morgan fingerprint density at radius 1 is 0.302 bits per heavy atom. The Bertz CT molecular complexity index is 2940. The summed E-state index contributed by atoms with van der Waals surface area (Å²) in [6, 6.07) is 69.7. The fraction of sp³-hybridized carbons (Fsp3) is 0. The molecule has 0 radical (unpaired) electrons. The lowest BCUT2D eigenvalue weighted by Crippen LogP contribution is -2.04. The standard InChI is InChI=1S/C49H32N4/c1-2-16-33(17-3-1)37-18-4-5-23-42(37)49-50-43-24-10-15-29-48(43)53(49)36-31-34(51-44-25-11-6-19-38(44)39-20-7-12-26-45(39)51)30-35(32-36)52-46-27-13-8-21-40(46)41-22-9-14-28-47(41)52/h1-32H. The highest BCUT2D eigenvalue weighted by Gasteiger charge is 2.21. The van der Waals surface area contributed by atoms with Gasteiger partial charge in [0, 0.05) is 27.1 Å². The largest absolute Gasteiger partial charge is 0.309 e. The van der Waals surface area contributed by atoms with E-state index < -0.39 is 0 Å². The lowest BCUT2D eigenvalue weighted by molar-refractivity contribution is 1.07. The number of aromatic nitrogens is 4. The molecule has 11 rings (SSSR count). The van der Waals surface area contributed by atoms with E-state index in [2.05, 4.69) is 208 Å². The van der Waals surface area contributed by atoms with Crippen molar-refractivity contribution < 1.29 is 0 Å². The van der Waals surface area contributed by atoms with Crippen LogP contribution in [0.5, 0.6) is 0 Å². The van der Waals surface area contributed by atoms with Crippen LogP contribution in [0.3, 0.4) is 0 Å². The first kappa shape index (κ1) is 29.5. The van der Waals surface area contributed by atoms with E-state index in [4.69, 9.17) is 4.98 Å². The maximum absolute atomic E-state index is 5.38. The number of para-hydroxylation sites is 6. The van der Waals surface area contributed by atoms with Crippen LogP contribution in [-0.4, -0.2) is 18.7 Å². The maximum Gasteiger partial charge on any atom is 0.146 e. The molecule has 0 saturated heterocycles. The molecule has 0 atom stereocenters. The van der Waals surface area contributed by atoms with Gasteiger partial charge in [-0.3, -0.25) is 4.57 Å². The van der Waals surface area contributed by atoms with Gasteiger partial charge >= 0.3 is 0 Å². The Morgan fingerprint density at radius 2 is 0.679 bits per heavy atom. The zero-order chi connectivity index (χ0) is 34.9. The minimum atomic E-state index is 0.901. The summed E-state index contributed by atoms with van der Waals surface area (Å²) in [4.78, 5) is 5.38. The molecule has 0 aliphatic rings. The number of imidazole rings is 1. The maximum atomic E-state index is 5.38. The van der Waals surface area contributed by atoms with Crippen LogP contribution in [0, 0.1) is 0 Å². The van der Waals surface area contributed by atoms with E-state index in [-0.39, 0.29) is 0 Å². The van der Waals surface area contributed by atoms with Crippen molar-refractivity contribution in [2.24, 2.45) is 0 Å². The monoisotopic (exact) mass is 676 g/mol. The number of fused-ring (bicyclic) bond motifs is 7. The summed E-state index contributed by atoms with van der Waals surface area (Å²) in [5.74, 6) is 0.901. The summed E-state index contributed by atoms with van der Waals surface area (Å²) in [7, 11) is 0. The highest BCUT2D eigenvalue weighted by atomic mass is 15.1. The molecular formula is C49H32N4. The quantitative estimate of drug-likeness (QED) is 0.178. The lowest BCUT2D eigenvalue weighted by Gasteiger charge is -2.18. The molecule has 4 nitrogen and oxygen atoms in total. The van der Waals surface area contributed by atoms with E-state index in [1.165, 1.54) is 43.6 Å². The smallest absolute Gasteiger partial charge is 0.146 e. The minimum absolute atomic E-state index is 0.901. The van der Waals surface area contributed by atoms with Gasteiger partial charge in [-0.25, -0.2) is 4.98 Å². The van der Waals surface area contributed by atoms with E-state index in [0.29, 0.717) is 0 Å². The first-order chi connectivity index (χ1) is 26.3. The molecule has 4 heteroatoms. The van der Waals surface area contributed by atoms with Crippen LogP contribution in [0.1, 0.15) is 0 Å². The Kier molecular flexibility index (Phi) is 6.52. The van der Waals surface area contributed by atoms with Crippen LogP contribution < -0.4 is 0 Å². The van der Waals surface area contributed by atoms with Gasteiger partial charge in [0.1, 0.15) is 5.82 Å². The predicted molar refractivity (Wildman–Crippen MR) is 221 cm³/mol. The topological polar surface area (TPSA) is 27.7 Å². The summed E-state index contributed by atoms with van der Waals surface area (Å²) >= 11 is 0. The predicted octanol–water partition coefficient (Wildman–Crippen LogP) is 12.6.